The Morgan fingerprint density at radius 1 is 1.32 bits per heavy atom. The van der Waals surface area contributed by atoms with E-state index in [2.05, 4.69) is 5.32 Å². The van der Waals surface area contributed by atoms with Crippen LogP contribution in [-0.4, -0.2) is 54.0 Å². The van der Waals surface area contributed by atoms with Crippen molar-refractivity contribution in [1.29, 1.82) is 0 Å². The molecule has 1 aliphatic rings. The van der Waals surface area contributed by atoms with E-state index in [1.54, 1.807) is 18.7 Å². The Bertz CT molecular complexity index is 440. The maximum atomic E-state index is 11.8. The van der Waals surface area contributed by atoms with Crippen molar-refractivity contribution in [3.63, 3.8) is 0 Å². The number of carboxylic acids is 1. The summed E-state index contributed by atoms with van der Waals surface area (Å²) in [6.45, 7) is 1.71. The van der Waals surface area contributed by atoms with Crippen molar-refractivity contribution in [2.45, 2.75) is 31.7 Å². The molecule has 0 radical (unpaired) electrons. The molecule has 0 aromatic rings. The number of sulfone groups is 1. The Kier molecular flexibility index (Phi) is 5.66. The fourth-order valence-corrected chi connectivity index (χ4v) is 4.43. The van der Waals surface area contributed by atoms with Gasteiger partial charge in [0.15, 0.2) is 9.84 Å². The lowest BCUT2D eigenvalue weighted by Gasteiger charge is -2.33. The fourth-order valence-electron chi connectivity index (χ4n) is 2.00. The highest BCUT2D eigenvalue weighted by molar-refractivity contribution is 7.99. The fraction of sp³-hybridized carbons (Fsp3) is 0.818. The van der Waals surface area contributed by atoms with Crippen LogP contribution in [0.5, 0.6) is 0 Å². The molecule has 0 spiro atoms. The van der Waals surface area contributed by atoms with Crippen molar-refractivity contribution in [1.82, 2.24) is 5.32 Å². The van der Waals surface area contributed by atoms with Gasteiger partial charge in [-0.2, -0.15) is 11.8 Å². The first-order valence-electron chi connectivity index (χ1n) is 6.14. The molecule has 19 heavy (non-hydrogen) atoms. The molecule has 0 aromatic heterocycles. The molecule has 0 atom stereocenters. The molecule has 0 bridgehead atoms. The minimum Gasteiger partial charge on any atom is -0.480 e. The molecule has 1 aliphatic heterocycles. The highest BCUT2D eigenvalue weighted by atomic mass is 32.2. The summed E-state index contributed by atoms with van der Waals surface area (Å²) in [7, 11) is -3.44. The highest BCUT2D eigenvalue weighted by Gasteiger charge is 2.41. The van der Waals surface area contributed by atoms with Gasteiger partial charge >= 0.3 is 5.97 Å². The van der Waals surface area contributed by atoms with E-state index in [4.69, 9.17) is 0 Å². The van der Waals surface area contributed by atoms with E-state index in [1.165, 1.54) is 0 Å². The van der Waals surface area contributed by atoms with E-state index in [0.717, 1.165) is 0 Å². The smallest absolute Gasteiger partial charge is 0.329 e. The van der Waals surface area contributed by atoms with Crippen LogP contribution < -0.4 is 5.32 Å². The van der Waals surface area contributed by atoms with Crippen LogP contribution in [0.25, 0.3) is 0 Å². The van der Waals surface area contributed by atoms with Crippen molar-refractivity contribution in [2.24, 2.45) is 0 Å². The molecule has 0 unspecified atom stereocenters. The molecule has 110 valence electrons. The lowest BCUT2D eigenvalue weighted by molar-refractivity contribution is -0.147. The number of hydrogen-bond acceptors (Lipinski definition) is 5. The van der Waals surface area contributed by atoms with Crippen molar-refractivity contribution in [3.8, 4) is 0 Å². The summed E-state index contributed by atoms with van der Waals surface area (Å²) in [6, 6.07) is 0. The van der Waals surface area contributed by atoms with Crippen LogP contribution in [0.15, 0.2) is 0 Å². The molecular formula is C11H19NO5S2. The second kappa shape index (κ2) is 6.60. The molecule has 1 rings (SSSR count). The summed E-state index contributed by atoms with van der Waals surface area (Å²) in [5.74, 6) is -1.21. The molecule has 0 aliphatic carbocycles. The van der Waals surface area contributed by atoms with Gasteiger partial charge in [0.05, 0.1) is 5.75 Å². The number of carboxylic acid groups (broad SMARTS) is 1. The van der Waals surface area contributed by atoms with Crippen molar-refractivity contribution in [3.05, 3.63) is 0 Å². The molecule has 0 aromatic carbocycles. The zero-order valence-electron chi connectivity index (χ0n) is 10.8. The third-order valence-electron chi connectivity index (χ3n) is 3.00. The number of aliphatic carboxylic acids is 1. The van der Waals surface area contributed by atoms with Crippen molar-refractivity contribution in [2.75, 3.05) is 23.0 Å². The Morgan fingerprint density at radius 2 is 1.89 bits per heavy atom. The van der Waals surface area contributed by atoms with Gasteiger partial charge in [-0.1, -0.05) is 6.92 Å². The number of amides is 1. The quantitative estimate of drug-likeness (QED) is 0.731. The lowest BCUT2D eigenvalue weighted by Crippen LogP contribution is -2.57. The summed E-state index contributed by atoms with van der Waals surface area (Å²) < 4.78 is 23.1. The maximum Gasteiger partial charge on any atom is 0.329 e. The van der Waals surface area contributed by atoms with Gasteiger partial charge in [0, 0.05) is 0 Å². The first kappa shape index (κ1) is 16.3. The zero-order valence-corrected chi connectivity index (χ0v) is 12.5. The SMILES string of the molecule is CCCS(=O)(=O)CC(=O)NC1(C(=O)O)CCSCC1. The van der Waals surface area contributed by atoms with Gasteiger partial charge < -0.3 is 10.4 Å². The minimum absolute atomic E-state index is 0.0592. The van der Waals surface area contributed by atoms with E-state index >= 15 is 0 Å². The van der Waals surface area contributed by atoms with Crippen LogP contribution in [0.4, 0.5) is 0 Å². The summed E-state index contributed by atoms with van der Waals surface area (Å²) >= 11 is 1.63. The number of hydrogen-bond donors (Lipinski definition) is 2. The van der Waals surface area contributed by atoms with Crippen LogP contribution in [0, 0.1) is 0 Å². The molecule has 6 nitrogen and oxygen atoms in total. The highest BCUT2D eigenvalue weighted by Crippen LogP contribution is 2.27. The summed E-state index contributed by atoms with van der Waals surface area (Å²) in [6.07, 6.45) is 1.09. The maximum absolute atomic E-state index is 11.8. The number of carbonyl (C=O) groups is 2. The van der Waals surface area contributed by atoms with Crippen LogP contribution in [0.1, 0.15) is 26.2 Å². The second-order valence-corrected chi connectivity index (χ2v) is 8.05. The van der Waals surface area contributed by atoms with E-state index in [9.17, 15) is 23.1 Å². The average molecular weight is 309 g/mol. The Labute approximate surface area is 117 Å². The minimum atomic E-state index is -3.44. The predicted octanol–water partition coefficient (Wildman–Crippen LogP) is 0.278. The van der Waals surface area contributed by atoms with Gasteiger partial charge in [0.2, 0.25) is 5.91 Å². The predicted molar refractivity (Wildman–Crippen MR) is 74.0 cm³/mol. The molecule has 0 saturated carbocycles. The molecular weight excluding hydrogens is 290 g/mol. The molecule has 2 N–H and O–H groups in total. The first-order valence-corrected chi connectivity index (χ1v) is 9.11. The number of thioether (sulfide) groups is 1. The largest absolute Gasteiger partial charge is 0.480 e. The average Bonchev–Trinajstić information content (AvgIpc) is 2.28. The lowest BCUT2D eigenvalue weighted by atomic mass is 9.92. The summed E-state index contributed by atoms with van der Waals surface area (Å²) in [4.78, 5) is 23.1. The summed E-state index contributed by atoms with van der Waals surface area (Å²) in [5, 5.41) is 11.7. The van der Waals surface area contributed by atoms with E-state index < -0.39 is 33.0 Å². The Hall–Kier alpha value is -0.760. The monoisotopic (exact) mass is 309 g/mol. The van der Waals surface area contributed by atoms with Crippen LogP contribution in [0.2, 0.25) is 0 Å². The van der Waals surface area contributed by atoms with Gasteiger partial charge in [-0.3, -0.25) is 4.79 Å². The first-order chi connectivity index (χ1) is 8.81. The van der Waals surface area contributed by atoms with E-state index in [1.807, 2.05) is 0 Å². The molecule has 1 saturated heterocycles. The normalized spacial score (nSPS) is 18.8. The number of rotatable bonds is 6. The number of nitrogens with one attached hydrogen (secondary N) is 1. The second-order valence-electron chi connectivity index (χ2n) is 4.64. The topological polar surface area (TPSA) is 101 Å². The molecule has 8 heteroatoms. The van der Waals surface area contributed by atoms with E-state index in [-0.39, 0.29) is 5.75 Å². The van der Waals surface area contributed by atoms with Crippen molar-refractivity contribution < 1.29 is 23.1 Å². The van der Waals surface area contributed by atoms with Crippen LogP contribution in [-0.2, 0) is 19.4 Å². The van der Waals surface area contributed by atoms with Gasteiger partial charge in [-0.05, 0) is 30.8 Å². The third-order valence-corrected chi connectivity index (χ3v) is 5.72. The van der Waals surface area contributed by atoms with E-state index in [0.29, 0.717) is 30.8 Å². The number of carbonyl (C=O) groups excluding carboxylic acids is 1. The van der Waals surface area contributed by atoms with Crippen molar-refractivity contribution >= 4 is 33.5 Å². The molecule has 1 fully saturated rings. The molecule has 1 heterocycles. The molecule has 1 amide bonds. The summed E-state index contributed by atoms with van der Waals surface area (Å²) in [5.41, 5.74) is -1.30. The van der Waals surface area contributed by atoms with Crippen LogP contribution in [0.3, 0.4) is 0 Å². The van der Waals surface area contributed by atoms with Gasteiger partial charge in [0.1, 0.15) is 11.3 Å². The third kappa shape index (κ3) is 4.68. The standard InChI is InChI=1S/C11H19NO5S2/c1-2-7-19(16,17)8-9(13)12-11(10(14)15)3-5-18-6-4-11/h2-8H2,1H3,(H,12,13)(H,14,15). The zero-order chi connectivity index (χ0) is 14.5. The Balaban J connectivity index is 2.70. The van der Waals surface area contributed by atoms with Crippen LogP contribution >= 0.6 is 11.8 Å². The van der Waals surface area contributed by atoms with Gasteiger partial charge in [-0.15, -0.1) is 0 Å². The Morgan fingerprint density at radius 3 is 2.37 bits per heavy atom. The van der Waals surface area contributed by atoms with Gasteiger partial charge in [-0.25, -0.2) is 13.2 Å². The van der Waals surface area contributed by atoms with Gasteiger partial charge in [0.25, 0.3) is 0 Å².